The summed E-state index contributed by atoms with van der Waals surface area (Å²) in [6, 6.07) is 7.42. The number of ether oxygens (including phenoxy) is 1. The van der Waals surface area contributed by atoms with Crippen LogP contribution in [-0.4, -0.2) is 41.5 Å². The van der Waals surface area contributed by atoms with Gasteiger partial charge in [-0.25, -0.2) is 0 Å². The minimum atomic E-state index is -0.891. The van der Waals surface area contributed by atoms with Crippen LogP contribution in [0.2, 0.25) is 5.02 Å². The van der Waals surface area contributed by atoms with Gasteiger partial charge in [0.15, 0.2) is 0 Å². The predicted octanol–water partition coefficient (Wildman–Crippen LogP) is 2.65. The number of nitrogens with zero attached hydrogens (tertiary/aromatic N) is 1. The third kappa shape index (κ3) is 3.78. The van der Waals surface area contributed by atoms with Gasteiger partial charge in [0.25, 0.3) is 0 Å². The molecule has 3 rings (SSSR count). The molecule has 0 spiro atoms. The highest BCUT2D eigenvalue weighted by molar-refractivity contribution is 6.30. The second kappa shape index (κ2) is 6.37. The van der Waals surface area contributed by atoms with Crippen LogP contribution < -0.4 is 0 Å². The molecule has 21 heavy (non-hydrogen) atoms. The van der Waals surface area contributed by atoms with Crippen LogP contribution in [0.5, 0.6) is 0 Å². The van der Waals surface area contributed by atoms with E-state index in [1.807, 2.05) is 24.3 Å². The lowest BCUT2D eigenvalue weighted by Crippen LogP contribution is -2.47. The van der Waals surface area contributed by atoms with Gasteiger partial charge >= 0.3 is 0 Å². The second-order valence-electron chi connectivity index (χ2n) is 5.80. The fraction of sp³-hybridized carbons (Fsp3) is 0.529. The molecule has 112 valence electrons. The van der Waals surface area contributed by atoms with Crippen molar-refractivity contribution >= 4 is 11.6 Å². The second-order valence-corrected chi connectivity index (χ2v) is 6.23. The summed E-state index contributed by atoms with van der Waals surface area (Å²) >= 11 is 5.94. The lowest BCUT2D eigenvalue weighted by molar-refractivity contribution is -0.0624. The SMILES string of the molecule is OC1(C#Cc2cccc(Cl)c2)CCN([C@H]2CCCO2)CC1. The van der Waals surface area contributed by atoms with Gasteiger partial charge in [0.1, 0.15) is 11.8 Å². The molecule has 2 saturated heterocycles. The summed E-state index contributed by atoms with van der Waals surface area (Å²) in [5.74, 6) is 6.08. The van der Waals surface area contributed by atoms with Crippen LogP contribution in [0.4, 0.5) is 0 Å². The Labute approximate surface area is 130 Å². The van der Waals surface area contributed by atoms with Crippen molar-refractivity contribution in [1.29, 1.82) is 0 Å². The van der Waals surface area contributed by atoms with Crippen molar-refractivity contribution in [2.45, 2.75) is 37.5 Å². The Hall–Kier alpha value is -1.05. The molecule has 3 nitrogen and oxygen atoms in total. The first-order chi connectivity index (χ1) is 10.1. The molecule has 2 fully saturated rings. The third-order valence-electron chi connectivity index (χ3n) is 4.20. The Morgan fingerprint density at radius 2 is 2.14 bits per heavy atom. The maximum Gasteiger partial charge on any atom is 0.128 e. The Morgan fingerprint density at radius 3 is 2.81 bits per heavy atom. The van der Waals surface area contributed by atoms with Crippen molar-refractivity contribution < 1.29 is 9.84 Å². The summed E-state index contributed by atoms with van der Waals surface area (Å²) in [7, 11) is 0. The van der Waals surface area contributed by atoms with Gasteiger partial charge in [0.2, 0.25) is 0 Å². The topological polar surface area (TPSA) is 32.7 Å². The van der Waals surface area contributed by atoms with Gasteiger partial charge in [-0.05, 0) is 31.0 Å². The molecule has 0 aromatic heterocycles. The Kier molecular flexibility index (Phi) is 4.51. The zero-order valence-corrected chi connectivity index (χ0v) is 12.8. The summed E-state index contributed by atoms with van der Waals surface area (Å²) in [5.41, 5.74) is -0.0466. The minimum absolute atomic E-state index is 0.246. The van der Waals surface area contributed by atoms with Crippen LogP contribution in [0.25, 0.3) is 0 Å². The number of benzene rings is 1. The smallest absolute Gasteiger partial charge is 0.128 e. The van der Waals surface area contributed by atoms with Crippen LogP contribution in [0, 0.1) is 11.8 Å². The van der Waals surface area contributed by atoms with Crippen molar-refractivity contribution in [1.82, 2.24) is 4.90 Å². The maximum absolute atomic E-state index is 10.6. The summed E-state index contributed by atoms with van der Waals surface area (Å²) < 4.78 is 5.70. The summed E-state index contributed by atoms with van der Waals surface area (Å²) in [6.07, 6.45) is 3.82. The maximum atomic E-state index is 10.6. The number of hydrogen-bond acceptors (Lipinski definition) is 3. The minimum Gasteiger partial charge on any atom is -0.377 e. The van der Waals surface area contributed by atoms with E-state index < -0.39 is 5.60 Å². The van der Waals surface area contributed by atoms with Crippen LogP contribution in [0.1, 0.15) is 31.2 Å². The van der Waals surface area contributed by atoms with Crippen molar-refractivity contribution in [2.75, 3.05) is 19.7 Å². The lowest BCUT2D eigenvalue weighted by Gasteiger charge is -2.37. The first-order valence-electron chi connectivity index (χ1n) is 7.51. The third-order valence-corrected chi connectivity index (χ3v) is 4.44. The normalized spacial score (nSPS) is 25.3. The van der Waals surface area contributed by atoms with Gasteiger partial charge in [0.05, 0.1) is 0 Å². The fourth-order valence-electron chi connectivity index (χ4n) is 2.91. The van der Waals surface area contributed by atoms with Crippen molar-refractivity contribution in [3.63, 3.8) is 0 Å². The van der Waals surface area contributed by atoms with Crippen LogP contribution in [0.3, 0.4) is 0 Å². The van der Waals surface area contributed by atoms with E-state index in [1.54, 1.807) is 0 Å². The molecule has 2 aliphatic rings. The van der Waals surface area contributed by atoms with E-state index in [-0.39, 0.29) is 6.23 Å². The van der Waals surface area contributed by atoms with E-state index in [1.165, 1.54) is 0 Å². The molecular weight excluding hydrogens is 286 g/mol. The predicted molar refractivity (Wildman–Crippen MR) is 83.1 cm³/mol. The molecule has 4 heteroatoms. The molecule has 0 aliphatic carbocycles. The van der Waals surface area contributed by atoms with Crippen LogP contribution in [-0.2, 0) is 4.74 Å². The molecule has 0 bridgehead atoms. The first-order valence-corrected chi connectivity index (χ1v) is 7.89. The molecule has 1 atom stereocenters. The highest BCUT2D eigenvalue weighted by Gasteiger charge is 2.34. The van der Waals surface area contributed by atoms with Crippen LogP contribution in [0.15, 0.2) is 24.3 Å². The number of hydrogen-bond donors (Lipinski definition) is 1. The van der Waals surface area contributed by atoms with Crippen molar-refractivity contribution in [3.05, 3.63) is 34.9 Å². The van der Waals surface area contributed by atoms with Crippen molar-refractivity contribution in [3.8, 4) is 11.8 Å². The lowest BCUT2D eigenvalue weighted by atomic mass is 9.91. The van der Waals surface area contributed by atoms with Gasteiger partial charge < -0.3 is 9.84 Å². The van der Waals surface area contributed by atoms with E-state index in [9.17, 15) is 5.11 Å². The molecular formula is C17H20ClNO2. The Balaban J connectivity index is 1.62. The summed E-state index contributed by atoms with van der Waals surface area (Å²) in [4.78, 5) is 2.32. The van der Waals surface area contributed by atoms with Crippen LogP contribution >= 0.6 is 11.6 Å². The number of piperidine rings is 1. The zero-order chi connectivity index (χ0) is 14.7. The van der Waals surface area contributed by atoms with Gasteiger partial charge in [-0.15, -0.1) is 0 Å². The molecule has 0 saturated carbocycles. The zero-order valence-electron chi connectivity index (χ0n) is 12.0. The molecule has 0 unspecified atom stereocenters. The number of aliphatic hydroxyl groups is 1. The standard InChI is InChI=1S/C17H20ClNO2/c18-15-4-1-3-14(13-15)6-7-17(20)8-10-19(11-9-17)16-5-2-12-21-16/h1,3-4,13,16,20H,2,5,8-12H2/t16-/m1/s1. The quantitative estimate of drug-likeness (QED) is 0.810. The number of halogens is 1. The molecule has 1 aromatic rings. The van der Waals surface area contributed by atoms with E-state index >= 15 is 0 Å². The van der Waals surface area contributed by atoms with E-state index in [4.69, 9.17) is 16.3 Å². The molecule has 1 N–H and O–H groups in total. The Bertz CT molecular complexity index is 549. The van der Waals surface area contributed by atoms with Gasteiger partial charge in [-0.3, -0.25) is 4.90 Å². The van der Waals surface area contributed by atoms with E-state index in [2.05, 4.69) is 16.7 Å². The average molecular weight is 306 g/mol. The number of likely N-dealkylation sites (tertiary alicyclic amines) is 1. The average Bonchev–Trinajstić information content (AvgIpc) is 3.01. The highest BCUT2D eigenvalue weighted by atomic mass is 35.5. The largest absolute Gasteiger partial charge is 0.377 e. The molecule has 1 aromatic carbocycles. The molecule has 0 amide bonds. The van der Waals surface area contributed by atoms with Gasteiger partial charge in [0, 0.05) is 43.1 Å². The fourth-order valence-corrected chi connectivity index (χ4v) is 3.10. The summed E-state index contributed by atoms with van der Waals surface area (Å²) in [5, 5.41) is 11.3. The molecule has 2 heterocycles. The van der Waals surface area contributed by atoms with Gasteiger partial charge in [-0.2, -0.15) is 0 Å². The Morgan fingerprint density at radius 1 is 1.33 bits per heavy atom. The van der Waals surface area contributed by atoms with Crippen molar-refractivity contribution in [2.24, 2.45) is 0 Å². The van der Waals surface area contributed by atoms with E-state index in [0.717, 1.165) is 38.1 Å². The highest BCUT2D eigenvalue weighted by Crippen LogP contribution is 2.26. The molecule has 0 radical (unpaired) electrons. The van der Waals surface area contributed by atoms with E-state index in [0.29, 0.717) is 17.9 Å². The monoisotopic (exact) mass is 305 g/mol. The summed E-state index contributed by atoms with van der Waals surface area (Å²) in [6.45, 7) is 2.54. The number of rotatable bonds is 1. The van der Waals surface area contributed by atoms with Gasteiger partial charge in [-0.1, -0.05) is 29.5 Å². The molecule has 2 aliphatic heterocycles. The first kappa shape index (κ1) is 14.9.